The molecule has 0 saturated carbocycles. The molecular weight excluding hydrogens is 264 g/mol. The van der Waals surface area contributed by atoms with Gasteiger partial charge in [-0.05, 0) is 19.1 Å². The SMILES string of the molecule is COc1cc(-c2ncc(C(C)N)s2)cc2c1OCO2. The van der Waals surface area contributed by atoms with Gasteiger partial charge < -0.3 is 19.9 Å². The van der Waals surface area contributed by atoms with Crippen LogP contribution in [0.2, 0.25) is 0 Å². The molecule has 1 atom stereocenters. The average Bonchev–Trinajstić information content (AvgIpc) is 3.05. The van der Waals surface area contributed by atoms with E-state index in [4.69, 9.17) is 19.9 Å². The number of hydrogen-bond acceptors (Lipinski definition) is 6. The lowest BCUT2D eigenvalue weighted by atomic mass is 10.2. The molecule has 0 fully saturated rings. The molecule has 1 unspecified atom stereocenters. The van der Waals surface area contributed by atoms with Crippen LogP contribution in [-0.2, 0) is 0 Å². The number of methoxy groups -OCH3 is 1. The third-order valence-corrected chi connectivity index (χ3v) is 4.13. The Balaban J connectivity index is 2.05. The van der Waals surface area contributed by atoms with Gasteiger partial charge in [-0.25, -0.2) is 4.98 Å². The molecule has 0 saturated heterocycles. The number of hydrogen-bond donors (Lipinski definition) is 1. The van der Waals surface area contributed by atoms with Crippen molar-refractivity contribution in [3.05, 3.63) is 23.2 Å². The third-order valence-electron chi connectivity index (χ3n) is 2.88. The second kappa shape index (κ2) is 4.71. The summed E-state index contributed by atoms with van der Waals surface area (Å²) in [4.78, 5) is 5.44. The topological polar surface area (TPSA) is 66.6 Å². The summed E-state index contributed by atoms with van der Waals surface area (Å²) in [5.41, 5.74) is 6.80. The van der Waals surface area contributed by atoms with Gasteiger partial charge in [0.05, 0.1) is 7.11 Å². The zero-order valence-electron chi connectivity index (χ0n) is 10.7. The van der Waals surface area contributed by atoms with Gasteiger partial charge in [-0.1, -0.05) is 0 Å². The van der Waals surface area contributed by atoms with Crippen molar-refractivity contribution in [2.45, 2.75) is 13.0 Å². The Labute approximate surface area is 114 Å². The van der Waals surface area contributed by atoms with Crippen LogP contribution in [0.15, 0.2) is 18.3 Å². The van der Waals surface area contributed by atoms with E-state index in [1.165, 1.54) is 0 Å². The summed E-state index contributed by atoms with van der Waals surface area (Å²) in [7, 11) is 1.61. The number of thiazole rings is 1. The predicted molar refractivity (Wildman–Crippen MR) is 72.8 cm³/mol. The van der Waals surface area contributed by atoms with Gasteiger partial charge in [0, 0.05) is 22.7 Å². The summed E-state index contributed by atoms with van der Waals surface area (Å²) in [6.45, 7) is 2.16. The summed E-state index contributed by atoms with van der Waals surface area (Å²) >= 11 is 1.57. The van der Waals surface area contributed by atoms with E-state index in [-0.39, 0.29) is 12.8 Å². The molecule has 2 aromatic rings. The zero-order valence-corrected chi connectivity index (χ0v) is 11.5. The number of nitrogens with zero attached hydrogens (tertiary/aromatic N) is 1. The van der Waals surface area contributed by atoms with Gasteiger partial charge in [0.15, 0.2) is 11.5 Å². The van der Waals surface area contributed by atoms with Crippen molar-refractivity contribution in [2.24, 2.45) is 5.73 Å². The molecule has 1 aliphatic rings. The van der Waals surface area contributed by atoms with Gasteiger partial charge in [0.2, 0.25) is 12.5 Å². The molecule has 3 rings (SSSR count). The molecule has 100 valence electrons. The normalized spacial score (nSPS) is 14.5. The van der Waals surface area contributed by atoms with Crippen LogP contribution in [-0.4, -0.2) is 18.9 Å². The lowest BCUT2D eigenvalue weighted by Crippen LogP contribution is -2.01. The van der Waals surface area contributed by atoms with Crippen molar-refractivity contribution >= 4 is 11.3 Å². The van der Waals surface area contributed by atoms with Crippen LogP contribution in [0.5, 0.6) is 17.2 Å². The molecule has 0 amide bonds. The minimum atomic E-state index is -0.0119. The first kappa shape index (κ1) is 12.3. The molecule has 1 aromatic carbocycles. The van der Waals surface area contributed by atoms with Crippen molar-refractivity contribution in [2.75, 3.05) is 13.9 Å². The van der Waals surface area contributed by atoms with E-state index in [1.54, 1.807) is 18.4 Å². The van der Waals surface area contributed by atoms with E-state index in [2.05, 4.69) is 4.98 Å². The minimum Gasteiger partial charge on any atom is -0.493 e. The fourth-order valence-corrected chi connectivity index (χ4v) is 2.74. The van der Waals surface area contributed by atoms with Gasteiger partial charge in [-0.2, -0.15) is 0 Å². The summed E-state index contributed by atoms with van der Waals surface area (Å²) in [5.74, 6) is 1.99. The summed E-state index contributed by atoms with van der Waals surface area (Å²) < 4.78 is 16.1. The van der Waals surface area contributed by atoms with Crippen LogP contribution in [0.1, 0.15) is 17.8 Å². The molecule has 6 heteroatoms. The average molecular weight is 278 g/mol. The third kappa shape index (κ3) is 2.13. The van der Waals surface area contributed by atoms with Gasteiger partial charge in [-0.3, -0.25) is 0 Å². The van der Waals surface area contributed by atoms with Gasteiger partial charge in [0.25, 0.3) is 0 Å². The van der Waals surface area contributed by atoms with Crippen LogP contribution >= 0.6 is 11.3 Å². The lowest BCUT2D eigenvalue weighted by Gasteiger charge is -2.06. The summed E-state index contributed by atoms with van der Waals surface area (Å²) in [5, 5.41) is 0.893. The molecule has 2 N–H and O–H groups in total. The van der Waals surface area contributed by atoms with E-state index < -0.39 is 0 Å². The van der Waals surface area contributed by atoms with Gasteiger partial charge in [0.1, 0.15) is 5.01 Å². The zero-order chi connectivity index (χ0) is 13.4. The molecule has 0 spiro atoms. The van der Waals surface area contributed by atoms with Crippen LogP contribution in [0.3, 0.4) is 0 Å². The summed E-state index contributed by atoms with van der Waals surface area (Å²) in [6, 6.07) is 3.80. The van der Waals surface area contributed by atoms with Crippen LogP contribution in [0.25, 0.3) is 10.6 Å². The highest BCUT2D eigenvalue weighted by atomic mass is 32.1. The molecule has 0 bridgehead atoms. The Morgan fingerprint density at radius 3 is 2.95 bits per heavy atom. The molecule has 5 nitrogen and oxygen atoms in total. The Bertz CT molecular complexity index is 610. The van der Waals surface area contributed by atoms with Crippen LogP contribution in [0, 0.1) is 0 Å². The maximum absolute atomic E-state index is 5.85. The fourth-order valence-electron chi connectivity index (χ4n) is 1.88. The minimum absolute atomic E-state index is 0.0119. The first-order chi connectivity index (χ1) is 9.19. The molecule has 19 heavy (non-hydrogen) atoms. The lowest BCUT2D eigenvalue weighted by molar-refractivity contribution is 0.171. The maximum atomic E-state index is 5.85. The number of ether oxygens (including phenoxy) is 3. The number of aromatic nitrogens is 1. The van der Waals surface area contributed by atoms with E-state index in [0.717, 1.165) is 15.4 Å². The van der Waals surface area contributed by atoms with Crippen molar-refractivity contribution in [1.29, 1.82) is 0 Å². The first-order valence-electron chi connectivity index (χ1n) is 5.88. The number of fused-ring (bicyclic) bond motifs is 1. The molecule has 2 heterocycles. The van der Waals surface area contributed by atoms with Crippen LogP contribution < -0.4 is 19.9 Å². The monoisotopic (exact) mass is 278 g/mol. The van der Waals surface area contributed by atoms with Crippen molar-refractivity contribution < 1.29 is 14.2 Å². The maximum Gasteiger partial charge on any atom is 0.231 e. The summed E-state index contributed by atoms with van der Waals surface area (Å²) in [6.07, 6.45) is 1.81. The highest BCUT2D eigenvalue weighted by Gasteiger charge is 2.21. The molecule has 1 aliphatic heterocycles. The molecule has 0 radical (unpaired) electrons. The van der Waals surface area contributed by atoms with E-state index in [9.17, 15) is 0 Å². The van der Waals surface area contributed by atoms with E-state index >= 15 is 0 Å². The number of rotatable bonds is 3. The van der Waals surface area contributed by atoms with Crippen molar-refractivity contribution in [3.8, 4) is 27.8 Å². The second-order valence-corrected chi connectivity index (χ2v) is 5.33. The Morgan fingerprint density at radius 1 is 1.42 bits per heavy atom. The highest BCUT2D eigenvalue weighted by Crippen LogP contribution is 2.44. The molecule has 1 aromatic heterocycles. The van der Waals surface area contributed by atoms with Gasteiger partial charge in [-0.15, -0.1) is 11.3 Å². The number of benzene rings is 1. The van der Waals surface area contributed by atoms with Crippen molar-refractivity contribution in [1.82, 2.24) is 4.98 Å². The first-order valence-corrected chi connectivity index (χ1v) is 6.70. The second-order valence-electron chi connectivity index (χ2n) is 4.27. The Morgan fingerprint density at radius 2 is 2.26 bits per heavy atom. The quantitative estimate of drug-likeness (QED) is 0.934. The van der Waals surface area contributed by atoms with E-state index in [0.29, 0.717) is 17.2 Å². The Hall–Kier alpha value is -1.79. The fraction of sp³-hybridized carbons (Fsp3) is 0.308. The van der Waals surface area contributed by atoms with Gasteiger partial charge >= 0.3 is 0 Å². The molecular formula is C13H14N2O3S. The number of nitrogens with two attached hydrogens (primary N) is 1. The van der Waals surface area contributed by atoms with E-state index in [1.807, 2.05) is 25.3 Å². The Kier molecular flexibility index (Phi) is 3.04. The standard InChI is InChI=1S/C13H14N2O3S/c1-7(14)11-5-15-13(19-11)8-3-9(16-2)12-10(4-8)17-6-18-12/h3-5,7H,6,14H2,1-2H3. The smallest absolute Gasteiger partial charge is 0.231 e. The highest BCUT2D eigenvalue weighted by molar-refractivity contribution is 7.15. The molecule has 0 aliphatic carbocycles. The largest absolute Gasteiger partial charge is 0.493 e. The van der Waals surface area contributed by atoms with Crippen molar-refractivity contribution in [3.63, 3.8) is 0 Å². The van der Waals surface area contributed by atoms with Crippen LogP contribution in [0.4, 0.5) is 0 Å². The predicted octanol–water partition coefficient (Wildman–Crippen LogP) is 2.57.